The molecule has 174 valence electrons. The van der Waals surface area contributed by atoms with E-state index in [0.717, 1.165) is 11.3 Å². The number of alkyl carbamates (subject to hydrolysis) is 1. The number of aliphatic imine (C=N–C) groups is 1. The quantitative estimate of drug-likeness (QED) is 0.334. The lowest BCUT2D eigenvalue weighted by molar-refractivity contribution is 0.0474. The van der Waals surface area contributed by atoms with E-state index in [0.29, 0.717) is 19.0 Å². The molecular formula is C22H38N6O3. The van der Waals surface area contributed by atoms with E-state index in [4.69, 9.17) is 4.74 Å². The Balaban J connectivity index is 2.49. The minimum absolute atomic E-state index is 0.0760. The summed E-state index contributed by atoms with van der Waals surface area (Å²) in [4.78, 5) is 28.0. The number of nitrogens with zero attached hydrogens (tertiary/aromatic N) is 1. The maximum atomic E-state index is 12.0. The summed E-state index contributed by atoms with van der Waals surface area (Å²) < 4.78 is 5.31. The van der Waals surface area contributed by atoms with Gasteiger partial charge in [0, 0.05) is 31.9 Å². The number of anilines is 1. The van der Waals surface area contributed by atoms with Crippen molar-refractivity contribution in [2.45, 2.75) is 72.2 Å². The molecule has 0 bridgehead atoms. The van der Waals surface area contributed by atoms with Crippen LogP contribution in [0.4, 0.5) is 15.3 Å². The molecule has 0 aliphatic heterocycles. The van der Waals surface area contributed by atoms with Gasteiger partial charge in [-0.05, 0) is 66.2 Å². The van der Waals surface area contributed by atoms with Gasteiger partial charge in [0.25, 0.3) is 0 Å². The van der Waals surface area contributed by atoms with Gasteiger partial charge in [0.1, 0.15) is 5.60 Å². The molecule has 0 aliphatic carbocycles. The molecule has 5 N–H and O–H groups in total. The first kappa shape index (κ1) is 26.1. The Kier molecular flexibility index (Phi) is 9.61. The minimum Gasteiger partial charge on any atom is -0.444 e. The Morgan fingerprint density at radius 2 is 1.65 bits per heavy atom. The third kappa shape index (κ3) is 11.7. The summed E-state index contributed by atoms with van der Waals surface area (Å²) in [5.41, 5.74) is 0.668. The summed E-state index contributed by atoms with van der Waals surface area (Å²) in [7, 11) is 1.68. The Labute approximate surface area is 185 Å². The molecule has 0 aromatic heterocycles. The normalized spacial score (nSPS) is 12.2. The number of hydrogen-bond donors (Lipinski definition) is 5. The van der Waals surface area contributed by atoms with E-state index in [2.05, 4.69) is 31.6 Å². The molecule has 0 heterocycles. The van der Waals surface area contributed by atoms with Crippen LogP contribution in [0.3, 0.4) is 0 Å². The first-order valence-electron chi connectivity index (χ1n) is 10.4. The van der Waals surface area contributed by atoms with Gasteiger partial charge in [0.05, 0.1) is 5.54 Å². The summed E-state index contributed by atoms with van der Waals surface area (Å²) in [5, 5.41) is 14.9. The van der Waals surface area contributed by atoms with Crippen LogP contribution in [0.25, 0.3) is 0 Å². The maximum absolute atomic E-state index is 12.0. The average Bonchev–Trinajstić information content (AvgIpc) is 2.60. The molecule has 3 amide bonds. The van der Waals surface area contributed by atoms with Gasteiger partial charge in [0.2, 0.25) is 0 Å². The van der Waals surface area contributed by atoms with E-state index in [1.807, 2.05) is 72.7 Å². The number of benzene rings is 1. The van der Waals surface area contributed by atoms with Gasteiger partial charge >= 0.3 is 12.1 Å². The summed E-state index contributed by atoms with van der Waals surface area (Å²) >= 11 is 0. The standard InChI is InChI=1S/C22H38N6O3/c1-15(2)26-19(29)27-17-11-9-16(10-12-17)13-24-18(23-8)25-14-22(6,7)28-20(30)31-21(3,4)5/h9-12,15H,13-14H2,1-8H3,(H,28,30)(H2,23,24,25)(H2,26,27,29). The second-order valence-electron chi connectivity index (χ2n) is 9.24. The highest BCUT2D eigenvalue weighted by Gasteiger charge is 2.24. The van der Waals surface area contributed by atoms with Crippen LogP contribution >= 0.6 is 0 Å². The molecule has 0 radical (unpaired) electrons. The Morgan fingerprint density at radius 1 is 1.03 bits per heavy atom. The lowest BCUT2D eigenvalue weighted by atomic mass is 10.1. The summed E-state index contributed by atoms with van der Waals surface area (Å²) in [6.07, 6.45) is -0.460. The smallest absolute Gasteiger partial charge is 0.408 e. The number of nitrogens with one attached hydrogen (secondary N) is 5. The van der Waals surface area contributed by atoms with Crippen LogP contribution in [0, 0.1) is 0 Å². The molecule has 0 spiro atoms. The maximum Gasteiger partial charge on any atom is 0.408 e. The lowest BCUT2D eigenvalue weighted by Gasteiger charge is -2.29. The molecule has 1 rings (SSSR count). The summed E-state index contributed by atoms with van der Waals surface area (Å²) in [6, 6.07) is 7.40. The van der Waals surface area contributed by atoms with Crippen molar-refractivity contribution < 1.29 is 14.3 Å². The van der Waals surface area contributed by atoms with Crippen LogP contribution in [0.1, 0.15) is 54.0 Å². The number of ether oxygens (including phenoxy) is 1. The molecule has 0 aliphatic rings. The molecule has 0 unspecified atom stereocenters. The van der Waals surface area contributed by atoms with Gasteiger partial charge < -0.3 is 31.3 Å². The molecule has 0 atom stereocenters. The minimum atomic E-state index is -0.547. The number of amides is 3. The van der Waals surface area contributed by atoms with Crippen molar-refractivity contribution in [2.75, 3.05) is 18.9 Å². The van der Waals surface area contributed by atoms with Crippen molar-refractivity contribution in [3.8, 4) is 0 Å². The number of rotatable bonds is 7. The predicted molar refractivity (Wildman–Crippen MR) is 125 cm³/mol. The SMILES string of the molecule is CN=C(NCc1ccc(NC(=O)NC(C)C)cc1)NCC(C)(C)NC(=O)OC(C)(C)C. The van der Waals surface area contributed by atoms with Crippen LogP contribution < -0.4 is 26.6 Å². The molecule has 0 saturated heterocycles. The molecule has 9 nitrogen and oxygen atoms in total. The van der Waals surface area contributed by atoms with E-state index in [9.17, 15) is 9.59 Å². The predicted octanol–water partition coefficient (Wildman–Crippen LogP) is 3.18. The number of carbonyl (C=O) groups is 2. The average molecular weight is 435 g/mol. The molecule has 0 fully saturated rings. The van der Waals surface area contributed by atoms with Crippen molar-refractivity contribution in [3.63, 3.8) is 0 Å². The molecular weight excluding hydrogens is 396 g/mol. The largest absolute Gasteiger partial charge is 0.444 e. The third-order valence-corrected chi connectivity index (χ3v) is 3.85. The van der Waals surface area contributed by atoms with E-state index < -0.39 is 17.2 Å². The topological polar surface area (TPSA) is 116 Å². The molecule has 1 aromatic carbocycles. The van der Waals surface area contributed by atoms with Gasteiger partial charge in [-0.2, -0.15) is 0 Å². The van der Waals surface area contributed by atoms with Crippen LogP contribution in [0.5, 0.6) is 0 Å². The molecule has 31 heavy (non-hydrogen) atoms. The Morgan fingerprint density at radius 3 is 2.16 bits per heavy atom. The van der Waals surface area contributed by atoms with Crippen molar-refractivity contribution in [2.24, 2.45) is 4.99 Å². The lowest BCUT2D eigenvalue weighted by Crippen LogP contribution is -2.54. The van der Waals surface area contributed by atoms with Crippen molar-refractivity contribution in [1.29, 1.82) is 0 Å². The van der Waals surface area contributed by atoms with Crippen LogP contribution in [-0.2, 0) is 11.3 Å². The van der Waals surface area contributed by atoms with Gasteiger partial charge in [-0.25, -0.2) is 9.59 Å². The number of carbonyl (C=O) groups excluding carboxylic acids is 2. The van der Waals surface area contributed by atoms with Gasteiger partial charge in [0.15, 0.2) is 5.96 Å². The monoisotopic (exact) mass is 434 g/mol. The first-order valence-corrected chi connectivity index (χ1v) is 10.4. The zero-order valence-corrected chi connectivity index (χ0v) is 20.0. The highest BCUT2D eigenvalue weighted by atomic mass is 16.6. The molecule has 1 aromatic rings. The van der Waals surface area contributed by atoms with E-state index in [-0.39, 0.29) is 12.1 Å². The number of guanidine groups is 1. The molecule has 9 heteroatoms. The van der Waals surface area contributed by atoms with Crippen molar-refractivity contribution in [3.05, 3.63) is 29.8 Å². The van der Waals surface area contributed by atoms with E-state index in [1.165, 1.54) is 0 Å². The highest BCUT2D eigenvalue weighted by molar-refractivity contribution is 5.89. The van der Waals surface area contributed by atoms with Crippen molar-refractivity contribution >= 4 is 23.8 Å². The first-order chi connectivity index (χ1) is 14.3. The second-order valence-corrected chi connectivity index (χ2v) is 9.24. The van der Waals surface area contributed by atoms with Gasteiger partial charge in [-0.15, -0.1) is 0 Å². The highest BCUT2D eigenvalue weighted by Crippen LogP contribution is 2.10. The van der Waals surface area contributed by atoms with Crippen molar-refractivity contribution in [1.82, 2.24) is 21.3 Å². The zero-order valence-electron chi connectivity index (χ0n) is 20.0. The number of hydrogen-bond acceptors (Lipinski definition) is 4. The number of urea groups is 1. The fraction of sp³-hybridized carbons (Fsp3) is 0.591. The Hall–Kier alpha value is -2.97. The van der Waals surface area contributed by atoms with Gasteiger partial charge in [-0.1, -0.05) is 12.1 Å². The molecule has 0 saturated carbocycles. The second kappa shape index (κ2) is 11.4. The zero-order chi connectivity index (χ0) is 23.7. The van der Waals surface area contributed by atoms with Crippen LogP contribution in [0.15, 0.2) is 29.3 Å². The fourth-order valence-electron chi connectivity index (χ4n) is 2.47. The van der Waals surface area contributed by atoms with E-state index in [1.54, 1.807) is 7.05 Å². The van der Waals surface area contributed by atoms with E-state index >= 15 is 0 Å². The summed E-state index contributed by atoms with van der Waals surface area (Å²) in [6.45, 7) is 14.1. The third-order valence-electron chi connectivity index (χ3n) is 3.85. The Bertz CT molecular complexity index is 752. The van der Waals surface area contributed by atoms with Crippen LogP contribution in [-0.4, -0.2) is 48.9 Å². The summed E-state index contributed by atoms with van der Waals surface area (Å²) in [5.74, 6) is 0.609. The fourth-order valence-corrected chi connectivity index (χ4v) is 2.47. The van der Waals surface area contributed by atoms with Gasteiger partial charge in [-0.3, -0.25) is 4.99 Å². The van der Waals surface area contributed by atoms with Crippen LogP contribution in [0.2, 0.25) is 0 Å².